The molecule has 29 heteroatoms. The van der Waals surface area contributed by atoms with E-state index < -0.39 is 92.9 Å². The highest BCUT2D eigenvalue weighted by atomic mass is 32.2. The lowest BCUT2D eigenvalue weighted by atomic mass is 10.1. The predicted molar refractivity (Wildman–Crippen MR) is 234 cm³/mol. The number of azo groups is 3. The van der Waals surface area contributed by atoms with Crippen molar-refractivity contribution in [3.8, 4) is 34.6 Å². The van der Waals surface area contributed by atoms with Crippen LogP contribution in [0.3, 0.4) is 0 Å². The van der Waals surface area contributed by atoms with E-state index in [2.05, 4.69) is 35.8 Å². The molecule has 0 spiro atoms. The minimum Gasteiger partial charge on any atom is -0.505 e. The Labute approximate surface area is 384 Å². The molecule has 8 N–H and O–H groups in total. The molecule has 0 unspecified atom stereocenters. The number of aromatic hydroxyl groups is 2. The lowest BCUT2D eigenvalue weighted by molar-refractivity contribution is 0.0690. The van der Waals surface area contributed by atoms with E-state index >= 15 is 0 Å². The fourth-order valence-corrected chi connectivity index (χ4v) is 8.30. The van der Waals surface area contributed by atoms with Crippen LogP contribution in [-0.2, 0) is 30.4 Å². The number of phenols is 1. The molecule has 0 saturated carbocycles. The van der Waals surface area contributed by atoms with Gasteiger partial charge in [-0.2, -0.15) is 35.0 Å². The number of aryl methyl sites for hydroxylation is 2. The van der Waals surface area contributed by atoms with E-state index in [-0.39, 0.29) is 75.2 Å². The average molecular weight is 1000 g/mol. The van der Waals surface area contributed by atoms with Crippen molar-refractivity contribution in [3.05, 3.63) is 83.6 Å². The Hall–Kier alpha value is -7.51. The van der Waals surface area contributed by atoms with Gasteiger partial charge in [-0.1, -0.05) is 12.1 Å². The zero-order valence-electron chi connectivity index (χ0n) is 35.1. The first-order valence-corrected chi connectivity index (χ1v) is 23.3. The normalized spacial score (nSPS) is 12.5. The molecule has 0 aliphatic carbocycles. The maximum Gasteiger partial charge on any atom is 0.358 e. The number of aliphatic hydroxyl groups is 2. The van der Waals surface area contributed by atoms with Gasteiger partial charge in [-0.3, -0.25) is 13.7 Å². The molecule has 1 heterocycles. The number of fused-ring (bicyclic) bond motifs is 1. The molecule has 0 atom stereocenters. The molecule has 0 radical (unpaired) electrons. The van der Waals surface area contributed by atoms with Gasteiger partial charge in [0.25, 0.3) is 30.4 Å². The van der Waals surface area contributed by atoms with Gasteiger partial charge in [0.05, 0.1) is 26.0 Å². The maximum absolute atomic E-state index is 12.7. The number of aromatic carboxylic acids is 1. The molecule has 6 aromatic rings. The van der Waals surface area contributed by atoms with Gasteiger partial charge in [-0.05, 0) is 66.8 Å². The van der Waals surface area contributed by atoms with Gasteiger partial charge in [0.15, 0.2) is 11.4 Å². The topological polar surface area (TPSA) is 401 Å². The van der Waals surface area contributed by atoms with Gasteiger partial charge in [-0.15, -0.1) is 30.7 Å². The Morgan fingerprint density at radius 2 is 1.18 bits per heavy atom. The fourth-order valence-electron chi connectivity index (χ4n) is 6.21. The van der Waals surface area contributed by atoms with Crippen molar-refractivity contribution in [3.63, 3.8) is 0 Å². The van der Waals surface area contributed by atoms with E-state index in [1.165, 1.54) is 31.2 Å². The van der Waals surface area contributed by atoms with Gasteiger partial charge in [0, 0.05) is 23.6 Å². The minimum absolute atomic E-state index is 0.0101. The van der Waals surface area contributed by atoms with Crippen LogP contribution in [0.4, 0.5) is 34.1 Å². The summed E-state index contributed by atoms with van der Waals surface area (Å²) in [5.41, 5.74) is -2.98. The second-order valence-electron chi connectivity index (χ2n) is 13.9. The number of aromatic nitrogens is 2. The smallest absolute Gasteiger partial charge is 0.358 e. The summed E-state index contributed by atoms with van der Waals surface area (Å²) in [7, 11) is -13.5. The van der Waals surface area contributed by atoms with Crippen LogP contribution in [0.5, 0.6) is 28.9 Å². The number of nitrogens with zero attached hydrogens (tertiary/aromatic N) is 8. The van der Waals surface area contributed by atoms with Crippen LogP contribution >= 0.6 is 0 Å². The van der Waals surface area contributed by atoms with E-state index in [1.807, 2.05) is 0 Å². The molecule has 68 heavy (non-hydrogen) atoms. The van der Waals surface area contributed by atoms with Crippen molar-refractivity contribution in [1.82, 2.24) is 9.78 Å². The van der Waals surface area contributed by atoms with Gasteiger partial charge in [0.2, 0.25) is 11.6 Å². The van der Waals surface area contributed by atoms with E-state index in [0.29, 0.717) is 10.2 Å². The summed E-state index contributed by atoms with van der Waals surface area (Å²) in [5.74, 6) is -4.18. The quantitative estimate of drug-likeness (QED) is 0.0337. The van der Waals surface area contributed by atoms with Crippen LogP contribution < -0.4 is 14.2 Å². The Balaban J connectivity index is 1.47. The average Bonchev–Trinajstić information content (AvgIpc) is 3.60. The molecule has 0 saturated heterocycles. The predicted octanol–water partition coefficient (Wildman–Crippen LogP) is 6.49. The number of benzene rings is 5. The first-order valence-electron chi connectivity index (χ1n) is 18.9. The van der Waals surface area contributed by atoms with Gasteiger partial charge < -0.3 is 39.7 Å². The number of hydrogen-bond donors (Lipinski definition) is 8. The third kappa shape index (κ3) is 10.8. The van der Waals surface area contributed by atoms with Crippen molar-refractivity contribution < 1.29 is 83.4 Å². The molecule has 0 aliphatic heterocycles. The third-order valence-corrected chi connectivity index (χ3v) is 12.0. The van der Waals surface area contributed by atoms with Crippen LogP contribution in [0.1, 0.15) is 21.6 Å². The summed E-state index contributed by atoms with van der Waals surface area (Å²) >= 11 is 0. The Morgan fingerprint density at radius 1 is 0.632 bits per heavy atom. The van der Waals surface area contributed by atoms with Crippen molar-refractivity contribution >= 4 is 81.2 Å². The molecule has 5 aromatic carbocycles. The molecular formula is C39H36N8O18S3. The van der Waals surface area contributed by atoms with E-state index in [4.69, 9.17) is 14.2 Å². The van der Waals surface area contributed by atoms with Crippen molar-refractivity contribution in [1.29, 1.82) is 0 Å². The van der Waals surface area contributed by atoms with Crippen LogP contribution in [0.25, 0.3) is 16.5 Å². The summed E-state index contributed by atoms with van der Waals surface area (Å²) in [6.45, 7) is 1.13. The van der Waals surface area contributed by atoms with Gasteiger partial charge in [0.1, 0.15) is 73.6 Å². The monoisotopic (exact) mass is 1000 g/mol. The first kappa shape index (κ1) is 49.9. The van der Waals surface area contributed by atoms with E-state index in [1.54, 1.807) is 6.92 Å². The number of carboxylic acids is 1. The maximum atomic E-state index is 12.7. The highest BCUT2D eigenvalue weighted by molar-refractivity contribution is 7.86. The van der Waals surface area contributed by atoms with Crippen LogP contribution in [-0.4, -0.2) is 114 Å². The number of carbonyl (C=O) groups is 1. The molecule has 358 valence electrons. The van der Waals surface area contributed by atoms with E-state index in [0.717, 1.165) is 49.6 Å². The Morgan fingerprint density at radius 3 is 1.72 bits per heavy atom. The van der Waals surface area contributed by atoms with Crippen molar-refractivity contribution in [2.24, 2.45) is 30.7 Å². The fraction of sp³-hybridized carbons (Fsp3) is 0.179. The first-order chi connectivity index (χ1) is 32.0. The minimum atomic E-state index is -5.20. The lowest BCUT2D eigenvalue weighted by Crippen LogP contribution is -2.04. The van der Waals surface area contributed by atoms with Crippen LogP contribution in [0.15, 0.2) is 112 Å². The molecule has 1 aromatic heterocycles. The molecule has 0 bridgehead atoms. The van der Waals surface area contributed by atoms with E-state index in [9.17, 15) is 69.2 Å². The summed E-state index contributed by atoms with van der Waals surface area (Å²) < 4.78 is 120. The number of methoxy groups -OCH3 is 1. The largest absolute Gasteiger partial charge is 0.505 e. The SMILES string of the molecule is COc1cc(S(=O)(=O)O)c(C)cc1N=Nc1c(C(=O)O)nn(-c2ccc3cc(S(=O)(=O)O)c(/N=N/c4cc(OCCO)c(/N=N/c5ccc(C)cc5S(=O)(=O)O)cc4OCCO)c(O)c3c2)c1O. The molecule has 26 nitrogen and oxygen atoms in total. The number of ether oxygens (including phenoxy) is 3. The molecule has 0 fully saturated rings. The van der Waals surface area contributed by atoms with Crippen LogP contribution in [0.2, 0.25) is 0 Å². The number of carboxylic acid groups (broad SMARTS) is 1. The summed E-state index contributed by atoms with van der Waals surface area (Å²) in [4.78, 5) is 10.2. The molecule has 0 amide bonds. The lowest BCUT2D eigenvalue weighted by Gasteiger charge is -2.13. The van der Waals surface area contributed by atoms with Crippen molar-refractivity contribution in [2.45, 2.75) is 28.5 Å². The second-order valence-corrected chi connectivity index (χ2v) is 18.1. The number of aliphatic hydroxyl groups excluding tert-OH is 2. The van der Waals surface area contributed by atoms with Gasteiger partial charge in [-0.25, -0.2) is 4.79 Å². The standard InChI is InChI=1S/C39H36N8O18S3/c1-19-4-7-24(32(12-19)67(57,58)59)40-41-26-16-30(65-11-9-49)27(17-29(26)64-10-8-48)43-44-34-33(68(60,61)62)14-21-5-6-22(15-23(21)37(34)50)47-38(51)35(36(46-47)39(52)53)45-42-25-13-20(2)31(66(54,55)56)18-28(25)63-3/h4-7,12-18,48-51H,8-11H2,1-3H3,(H,52,53)(H,54,55,56)(H,57,58,59)(H,60,61,62)/b41-40+,44-43+,45-42?. The Kier molecular flexibility index (Phi) is 14.5. The summed E-state index contributed by atoms with van der Waals surface area (Å²) in [6, 6.07) is 12.7. The molecular weight excluding hydrogens is 965 g/mol. The zero-order chi connectivity index (χ0) is 49.9. The number of phenolic OH excluding ortho intramolecular Hbond substituents is 1. The number of rotatable bonds is 18. The highest BCUT2D eigenvalue weighted by Gasteiger charge is 2.27. The Bertz CT molecular complexity index is 3430. The van der Waals surface area contributed by atoms with Gasteiger partial charge >= 0.3 is 5.97 Å². The number of hydrogen-bond acceptors (Lipinski definition) is 21. The summed E-state index contributed by atoms with van der Waals surface area (Å²) in [5, 5.41) is 79.1. The molecule has 6 rings (SSSR count). The second kappa shape index (κ2) is 19.8. The third-order valence-electron chi connectivity index (χ3n) is 9.26. The summed E-state index contributed by atoms with van der Waals surface area (Å²) in [6.07, 6.45) is 0. The zero-order valence-corrected chi connectivity index (χ0v) is 37.6. The molecule has 0 aliphatic rings. The highest BCUT2D eigenvalue weighted by Crippen LogP contribution is 2.46. The van der Waals surface area contributed by atoms with Crippen molar-refractivity contribution in [2.75, 3.05) is 33.5 Å². The van der Waals surface area contributed by atoms with Crippen LogP contribution in [0, 0.1) is 13.8 Å².